The van der Waals surface area contributed by atoms with Gasteiger partial charge in [0.25, 0.3) is 0 Å². The molecule has 3 amide bonds. The van der Waals surface area contributed by atoms with E-state index in [1.807, 2.05) is 30.3 Å². The molecule has 1 unspecified atom stereocenters. The second kappa shape index (κ2) is 7.06. The van der Waals surface area contributed by atoms with Crippen molar-refractivity contribution in [1.29, 1.82) is 0 Å². The maximum atomic E-state index is 12.8. The molecular formula is C20H27N3O2. The normalized spacial score (nSPS) is 28.3. The number of nitrogens with zero attached hydrogens (tertiary/aromatic N) is 1. The molecule has 1 aromatic rings. The van der Waals surface area contributed by atoms with Crippen molar-refractivity contribution in [2.24, 2.45) is 5.92 Å². The molecule has 3 aliphatic rings. The van der Waals surface area contributed by atoms with Crippen LogP contribution in [0.2, 0.25) is 0 Å². The first-order valence-corrected chi connectivity index (χ1v) is 9.61. The predicted octanol–water partition coefficient (Wildman–Crippen LogP) is 2.81. The molecule has 1 aromatic carbocycles. The Balaban J connectivity index is 1.35. The van der Waals surface area contributed by atoms with Gasteiger partial charge in [-0.25, -0.2) is 4.79 Å². The van der Waals surface area contributed by atoms with Crippen LogP contribution in [0.5, 0.6) is 0 Å². The van der Waals surface area contributed by atoms with Crippen molar-refractivity contribution >= 4 is 11.9 Å². The maximum Gasteiger partial charge on any atom is 0.318 e. The van der Waals surface area contributed by atoms with Gasteiger partial charge in [-0.2, -0.15) is 0 Å². The quantitative estimate of drug-likeness (QED) is 0.885. The molecule has 5 nitrogen and oxygen atoms in total. The van der Waals surface area contributed by atoms with Crippen LogP contribution in [0.3, 0.4) is 0 Å². The molecule has 1 saturated carbocycles. The molecule has 0 radical (unpaired) electrons. The first kappa shape index (κ1) is 16.4. The van der Waals surface area contributed by atoms with Crippen LogP contribution in [-0.2, 0) is 11.3 Å². The number of nitrogens with one attached hydrogen (secondary N) is 2. The third kappa shape index (κ3) is 3.80. The van der Waals surface area contributed by atoms with Gasteiger partial charge in [0.15, 0.2) is 0 Å². The van der Waals surface area contributed by atoms with Crippen LogP contribution in [0, 0.1) is 5.92 Å². The average Bonchev–Trinajstić information content (AvgIpc) is 3.45. The van der Waals surface area contributed by atoms with Crippen LogP contribution in [-0.4, -0.2) is 35.0 Å². The molecule has 3 fully saturated rings. The fourth-order valence-electron chi connectivity index (χ4n) is 4.36. The van der Waals surface area contributed by atoms with Crippen LogP contribution in [0.25, 0.3) is 0 Å². The zero-order chi connectivity index (χ0) is 17.2. The summed E-state index contributed by atoms with van der Waals surface area (Å²) in [5.41, 5.74) is 1.12. The number of hydrogen-bond donors (Lipinski definition) is 2. The monoisotopic (exact) mass is 341 g/mol. The van der Waals surface area contributed by atoms with E-state index in [1.54, 1.807) is 0 Å². The molecule has 2 bridgehead atoms. The lowest BCUT2D eigenvalue weighted by Gasteiger charge is -2.48. The number of amides is 3. The highest BCUT2D eigenvalue weighted by atomic mass is 16.2. The van der Waals surface area contributed by atoms with Crippen molar-refractivity contribution in [3.05, 3.63) is 35.9 Å². The number of hydrogen-bond acceptors (Lipinski definition) is 2. The number of carbonyl (C=O) groups excluding carboxylic acids is 2. The van der Waals surface area contributed by atoms with Gasteiger partial charge >= 0.3 is 6.03 Å². The van der Waals surface area contributed by atoms with Crippen molar-refractivity contribution in [3.63, 3.8) is 0 Å². The number of benzene rings is 1. The van der Waals surface area contributed by atoms with Gasteiger partial charge in [-0.1, -0.05) is 30.3 Å². The highest BCUT2D eigenvalue weighted by molar-refractivity contribution is 5.81. The fourth-order valence-corrected chi connectivity index (χ4v) is 4.36. The van der Waals surface area contributed by atoms with Crippen molar-refractivity contribution in [2.75, 3.05) is 0 Å². The summed E-state index contributed by atoms with van der Waals surface area (Å²) >= 11 is 0. The van der Waals surface area contributed by atoms with E-state index in [0.717, 1.165) is 44.1 Å². The molecule has 2 N–H and O–H groups in total. The number of carbonyl (C=O) groups is 2. The standard InChI is InChI=1S/C20H27N3O2/c24-19(15-9-10-15)22-16-11-17-7-4-8-18(12-16)23(17)20(25)21-13-14-5-2-1-3-6-14/h1-3,5-6,15-18H,4,7-13H2,(H,21,25)(H,22,24)/t16?,17-,18+. The van der Waals surface area contributed by atoms with Crippen LogP contribution in [0.4, 0.5) is 4.79 Å². The Morgan fingerprint density at radius 3 is 2.32 bits per heavy atom. The van der Waals surface area contributed by atoms with Gasteiger partial charge in [-0.3, -0.25) is 4.79 Å². The minimum absolute atomic E-state index is 0.0468. The topological polar surface area (TPSA) is 61.4 Å². The molecule has 1 aliphatic carbocycles. The average molecular weight is 341 g/mol. The van der Waals surface area contributed by atoms with E-state index in [0.29, 0.717) is 6.54 Å². The summed E-state index contributed by atoms with van der Waals surface area (Å²) in [4.78, 5) is 26.9. The highest BCUT2D eigenvalue weighted by Gasteiger charge is 2.42. The van der Waals surface area contributed by atoms with Gasteiger partial charge in [0, 0.05) is 30.6 Å². The zero-order valence-corrected chi connectivity index (χ0v) is 14.6. The Kier molecular flexibility index (Phi) is 4.64. The predicted molar refractivity (Wildman–Crippen MR) is 95.8 cm³/mol. The largest absolute Gasteiger partial charge is 0.353 e. The minimum Gasteiger partial charge on any atom is -0.353 e. The molecule has 25 heavy (non-hydrogen) atoms. The SMILES string of the molecule is O=C(NC1C[C@H]2CCC[C@@H](C1)N2C(=O)NCc1ccccc1)C1CC1. The van der Waals surface area contributed by atoms with Gasteiger partial charge in [-0.05, 0) is 50.5 Å². The molecule has 134 valence electrons. The Morgan fingerprint density at radius 2 is 1.68 bits per heavy atom. The van der Waals surface area contributed by atoms with E-state index in [1.165, 1.54) is 6.42 Å². The second-order valence-corrected chi connectivity index (χ2v) is 7.74. The first-order valence-electron chi connectivity index (χ1n) is 9.61. The van der Waals surface area contributed by atoms with E-state index < -0.39 is 0 Å². The Labute approximate surface area is 149 Å². The smallest absolute Gasteiger partial charge is 0.318 e. The first-order chi connectivity index (χ1) is 12.2. The summed E-state index contributed by atoms with van der Waals surface area (Å²) in [6, 6.07) is 10.8. The van der Waals surface area contributed by atoms with Gasteiger partial charge in [0.2, 0.25) is 5.91 Å². The van der Waals surface area contributed by atoms with Crippen molar-refractivity contribution in [1.82, 2.24) is 15.5 Å². The molecule has 2 saturated heterocycles. The molecule has 4 rings (SSSR count). The van der Waals surface area contributed by atoms with E-state index in [2.05, 4.69) is 15.5 Å². The van der Waals surface area contributed by atoms with E-state index in [4.69, 9.17) is 0 Å². The van der Waals surface area contributed by atoms with Crippen molar-refractivity contribution in [2.45, 2.75) is 69.6 Å². The Hall–Kier alpha value is -2.04. The summed E-state index contributed by atoms with van der Waals surface area (Å²) in [5.74, 6) is 0.483. The van der Waals surface area contributed by atoms with Gasteiger partial charge in [-0.15, -0.1) is 0 Å². The number of urea groups is 1. The van der Waals surface area contributed by atoms with Crippen LogP contribution in [0.15, 0.2) is 30.3 Å². The van der Waals surface area contributed by atoms with Crippen LogP contribution >= 0.6 is 0 Å². The lowest BCUT2D eigenvalue weighted by Crippen LogP contribution is -2.60. The van der Waals surface area contributed by atoms with E-state index in [-0.39, 0.29) is 36.0 Å². The zero-order valence-electron chi connectivity index (χ0n) is 14.6. The summed E-state index contributed by atoms with van der Waals surface area (Å²) in [6.07, 6.45) is 7.15. The minimum atomic E-state index is 0.0468. The van der Waals surface area contributed by atoms with Gasteiger partial charge < -0.3 is 15.5 Å². The summed E-state index contributed by atoms with van der Waals surface area (Å²) in [5, 5.41) is 6.31. The Bertz CT molecular complexity index is 615. The van der Waals surface area contributed by atoms with Crippen molar-refractivity contribution in [3.8, 4) is 0 Å². The third-order valence-corrected chi connectivity index (χ3v) is 5.79. The number of piperidine rings is 2. The van der Waals surface area contributed by atoms with Gasteiger partial charge in [0.1, 0.15) is 0 Å². The highest BCUT2D eigenvalue weighted by Crippen LogP contribution is 2.35. The summed E-state index contributed by atoms with van der Waals surface area (Å²) in [6.45, 7) is 0.567. The lowest BCUT2D eigenvalue weighted by atomic mass is 9.82. The molecule has 5 heteroatoms. The summed E-state index contributed by atoms with van der Waals surface area (Å²) in [7, 11) is 0. The maximum absolute atomic E-state index is 12.8. The van der Waals surface area contributed by atoms with E-state index in [9.17, 15) is 9.59 Å². The number of fused-ring (bicyclic) bond motifs is 2. The molecule has 0 spiro atoms. The lowest BCUT2D eigenvalue weighted by molar-refractivity contribution is -0.123. The fraction of sp³-hybridized carbons (Fsp3) is 0.600. The molecule has 2 aliphatic heterocycles. The molecular weight excluding hydrogens is 314 g/mol. The molecule has 0 aromatic heterocycles. The number of rotatable bonds is 4. The third-order valence-electron chi connectivity index (χ3n) is 5.79. The Morgan fingerprint density at radius 1 is 1.00 bits per heavy atom. The van der Waals surface area contributed by atoms with Crippen LogP contribution < -0.4 is 10.6 Å². The van der Waals surface area contributed by atoms with Crippen molar-refractivity contribution < 1.29 is 9.59 Å². The summed E-state index contributed by atoms with van der Waals surface area (Å²) < 4.78 is 0. The van der Waals surface area contributed by atoms with E-state index >= 15 is 0 Å². The molecule has 2 heterocycles. The van der Waals surface area contributed by atoms with Crippen LogP contribution in [0.1, 0.15) is 50.5 Å². The second-order valence-electron chi connectivity index (χ2n) is 7.74. The van der Waals surface area contributed by atoms with Gasteiger partial charge in [0.05, 0.1) is 0 Å². The molecule has 3 atom stereocenters.